The zero-order valence-corrected chi connectivity index (χ0v) is 15.6. The topological polar surface area (TPSA) is 111 Å². The van der Waals surface area contributed by atoms with Gasteiger partial charge in [-0.1, -0.05) is 18.2 Å². The maximum Gasteiger partial charge on any atom is 0.534 e. The van der Waals surface area contributed by atoms with E-state index in [0.717, 1.165) is 11.3 Å². The molecule has 1 aromatic heterocycles. The van der Waals surface area contributed by atoms with Crippen molar-refractivity contribution in [3.05, 3.63) is 59.9 Å². The molecule has 0 radical (unpaired) electrons. The highest BCUT2D eigenvalue weighted by Crippen LogP contribution is 2.27. The number of hydrogen-bond donors (Lipinski definition) is 1. The third-order valence-electron chi connectivity index (χ3n) is 2.81. The maximum atomic E-state index is 12.2. The van der Waals surface area contributed by atoms with Crippen molar-refractivity contribution in [3.8, 4) is 5.75 Å². The summed E-state index contributed by atoms with van der Waals surface area (Å²) < 4.78 is 88.2. The van der Waals surface area contributed by atoms with Crippen molar-refractivity contribution in [3.63, 3.8) is 0 Å². The SMILES string of the molecule is CS(=O)(=O)O.O=S(=O)(Oc1ccc(CCc2ccccn2)cc1)C(F)(F)F. The van der Waals surface area contributed by atoms with Crippen LogP contribution in [0.25, 0.3) is 0 Å². The number of aryl methyl sites for hydroxylation is 2. The van der Waals surface area contributed by atoms with E-state index in [1.807, 2.05) is 12.1 Å². The number of halogens is 3. The Bertz CT molecular complexity index is 920. The van der Waals surface area contributed by atoms with Crippen molar-refractivity contribution in [2.24, 2.45) is 0 Å². The Balaban J connectivity index is 0.000000646. The maximum absolute atomic E-state index is 12.2. The van der Waals surface area contributed by atoms with Crippen LogP contribution in [0, 0.1) is 0 Å². The number of nitrogens with zero attached hydrogens (tertiary/aromatic N) is 1. The predicted octanol–water partition coefficient (Wildman–Crippen LogP) is 2.60. The van der Waals surface area contributed by atoms with Gasteiger partial charge in [0.25, 0.3) is 10.1 Å². The minimum Gasteiger partial charge on any atom is -0.376 e. The quantitative estimate of drug-likeness (QED) is 0.444. The Kier molecular flexibility index (Phi) is 7.75. The summed E-state index contributed by atoms with van der Waals surface area (Å²) in [6.07, 6.45) is 3.69. The third-order valence-corrected chi connectivity index (χ3v) is 3.79. The number of hydrogen-bond acceptors (Lipinski definition) is 6. The Hall–Kier alpha value is -2.18. The average Bonchev–Trinajstić information content (AvgIpc) is 2.52. The van der Waals surface area contributed by atoms with Gasteiger partial charge >= 0.3 is 15.6 Å². The normalized spacial score (nSPS) is 12.0. The summed E-state index contributed by atoms with van der Waals surface area (Å²) in [4.78, 5) is 4.16. The van der Waals surface area contributed by atoms with Gasteiger partial charge in [0.2, 0.25) is 0 Å². The van der Waals surface area contributed by atoms with Crippen LogP contribution in [-0.4, -0.2) is 38.1 Å². The first-order chi connectivity index (χ1) is 12.3. The summed E-state index contributed by atoms with van der Waals surface area (Å²) >= 11 is 0. The molecule has 0 aliphatic heterocycles. The highest BCUT2D eigenvalue weighted by atomic mass is 32.2. The van der Waals surface area contributed by atoms with E-state index in [0.29, 0.717) is 19.1 Å². The molecule has 7 nitrogen and oxygen atoms in total. The van der Waals surface area contributed by atoms with Crippen LogP contribution >= 0.6 is 0 Å². The Labute approximate surface area is 154 Å². The Morgan fingerprint density at radius 2 is 1.56 bits per heavy atom. The molecule has 0 aliphatic rings. The lowest BCUT2D eigenvalue weighted by Gasteiger charge is -2.09. The van der Waals surface area contributed by atoms with E-state index in [1.54, 1.807) is 12.3 Å². The molecule has 0 unspecified atom stereocenters. The molecule has 2 aromatic rings. The molecule has 0 atom stereocenters. The fourth-order valence-electron chi connectivity index (χ4n) is 1.70. The van der Waals surface area contributed by atoms with Crippen LogP contribution < -0.4 is 4.18 Å². The molecule has 0 saturated carbocycles. The fraction of sp³-hybridized carbons (Fsp3) is 0.267. The van der Waals surface area contributed by atoms with Gasteiger partial charge in [-0.15, -0.1) is 0 Å². The molecule has 0 fully saturated rings. The number of benzene rings is 1. The minimum atomic E-state index is -5.63. The monoisotopic (exact) mass is 427 g/mol. The molecule has 12 heteroatoms. The molecule has 1 heterocycles. The van der Waals surface area contributed by atoms with Gasteiger partial charge in [-0.05, 0) is 42.7 Å². The van der Waals surface area contributed by atoms with Crippen LogP contribution in [-0.2, 0) is 33.1 Å². The van der Waals surface area contributed by atoms with Crippen molar-refractivity contribution in [2.75, 3.05) is 6.26 Å². The lowest BCUT2D eigenvalue weighted by Crippen LogP contribution is -2.28. The zero-order chi connectivity index (χ0) is 20.7. The minimum absolute atomic E-state index is 0.376. The van der Waals surface area contributed by atoms with Gasteiger partial charge in [0.05, 0.1) is 6.26 Å². The lowest BCUT2D eigenvalue weighted by atomic mass is 10.1. The predicted molar refractivity (Wildman–Crippen MR) is 91.2 cm³/mol. The smallest absolute Gasteiger partial charge is 0.376 e. The molecular formula is C15H16F3NO6S2. The summed E-state index contributed by atoms with van der Waals surface area (Å²) in [5, 5.41) is 0. The van der Waals surface area contributed by atoms with Crippen LogP contribution in [0.15, 0.2) is 48.7 Å². The fourth-order valence-corrected chi connectivity index (χ4v) is 2.16. The number of rotatable bonds is 5. The number of pyridine rings is 1. The second kappa shape index (κ2) is 9.15. The van der Waals surface area contributed by atoms with Crippen molar-refractivity contribution in [2.45, 2.75) is 18.3 Å². The van der Waals surface area contributed by atoms with Gasteiger partial charge in [0.15, 0.2) is 0 Å². The van der Waals surface area contributed by atoms with Crippen molar-refractivity contribution >= 4 is 20.2 Å². The molecule has 1 N–H and O–H groups in total. The lowest BCUT2D eigenvalue weighted by molar-refractivity contribution is -0.0500. The second-order valence-electron chi connectivity index (χ2n) is 5.18. The highest BCUT2D eigenvalue weighted by Gasteiger charge is 2.48. The number of aromatic nitrogens is 1. The van der Waals surface area contributed by atoms with Crippen molar-refractivity contribution in [1.29, 1.82) is 0 Å². The summed E-state index contributed by atoms with van der Waals surface area (Å²) in [6.45, 7) is 0. The zero-order valence-electron chi connectivity index (χ0n) is 13.9. The van der Waals surface area contributed by atoms with E-state index in [2.05, 4.69) is 9.17 Å². The van der Waals surface area contributed by atoms with E-state index in [-0.39, 0.29) is 5.75 Å². The highest BCUT2D eigenvalue weighted by molar-refractivity contribution is 7.88. The van der Waals surface area contributed by atoms with Crippen LogP contribution in [0.2, 0.25) is 0 Å². The Morgan fingerprint density at radius 3 is 2.00 bits per heavy atom. The molecule has 1 aromatic carbocycles. The summed E-state index contributed by atoms with van der Waals surface area (Å²) in [6, 6.07) is 11.0. The van der Waals surface area contributed by atoms with Gasteiger partial charge in [-0.3, -0.25) is 9.54 Å². The van der Waals surface area contributed by atoms with E-state index in [1.165, 1.54) is 24.3 Å². The van der Waals surface area contributed by atoms with Crippen molar-refractivity contribution in [1.82, 2.24) is 4.98 Å². The molecule has 27 heavy (non-hydrogen) atoms. The van der Waals surface area contributed by atoms with Gasteiger partial charge < -0.3 is 4.18 Å². The van der Waals surface area contributed by atoms with E-state index in [4.69, 9.17) is 4.55 Å². The number of alkyl halides is 3. The van der Waals surface area contributed by atoms with Crippen molar-refractivity contribution < 1.29 is 38.7 Å². The van der Waals surface area contributed by atoms with Crippen LogP contribution in [0.4, 0.5) is 13.2 Å². The largest absolute Gasteiger partial charge is 0.534 e. The van der Waals surface area contributed by atoms with Crippen LogP contribution in [0.3, 0.4) is 0 Å². The second-order valence-corrected chi connectivity index (χ2v) is 8.19. The molecule has 0 saturated heterocycles. The average molecular weight is 427 g/mol. The molecule has 0 spiro atoms. The van der Waals surface area contributed by atoms with Crippen LogP contribution in [0.1, 0.15) is 11.3 Å². The standard InChI is InChI=1S/C14H12F3NO3S.CH4O3S/c15-14(16,17)22(19,20)21-13-8-5-11(6-9-13)4-7-12-3-1-2-10-18-12;1-5(2,3)4/h1-3,5-6,8-10H,4,7H2;1H3,(H,2,3,4). The third kappa shape index (κ3) is 9.35. The molecule has 150 valence electrons. The van der Waals surface area contributed by atoms with E-state index in [9.17, 15) is 30.0 Å². The van der Waals surface area contributed by atoms with Gasteiger partial charge in [-0.25, -0.2) is 0 Å². The first-order valence-electron chi connectivity index (χ1n) is 7.20. The van der Waals surface area contributed by atoms with Gasteiger partial charge in [-0.2, -0.15) is 30.0 Å². The molecule has 0 amide bonds. The molecule has 0 bridgehead atoms. The Morgan fingerprint density at radius 1 is 1.00 bits per heavy atom. The summed E-state index contributed by atoms with van der Waals surface area (Å²) in [5.74, 6) is -0.376. The van der Waals surface area contributed by atoms with Gasteiger partial charge in [0.1, 0.15) is 5.75 Å². The van der Waals surface area contributed by atoms with E-state index < -0.39 is 25.7 Å². The van der Waals surface area contributed by atoms with Gasteiger partial charge in [0, 0.05) is 11.9 Å². The molecular weight excluding hydrogens is 411 g/mol. The summed E-state index contributed by atoms with van der Waals surface area (Å²) in [5.41, 5.74) is -3.71. The molecule has 0 aliphatic carbocycles. The first kappa shape index (κ1) is 22.9. The van der Waals surface area contributed by atoms with E-state index >= 15 is 0 Å². The summed E-state index contributed by atoms with van der Waals surface area (Å²) in [7, 11) is -9.30. The van der Waals surface area contributed by atoms with Crippen LogP contribution in [0.5, 0.6) is 5.75 Å². The molecule has 2 rings (SSSR count). The first-order valence-corrected chi connectivity index (χ1v) is 10.5.